The molecule has 1 fully saturated rings. The molecule has 178 valence electrons. The van der Waals surface area contributed by atoms with Crippen molar-refractivity contribution in [3.63, 3.8) is 0 Å². The minimum Gasteiger partial charge on any atom is -0.494 e. The SMILES string of the molecule is CCNC(=NCC(C)(O)c1ccsc1)NCC1(c2ccc(OCC)cc2)CCOCC1.I. The van der Waals surface area contributed by atoms with Crippen molar-refractivity contribution in [1.29, 1.82) is 0 Å². The Morgan fingerprint density at radius 1 is 1.19 bits per heavy atom. The Hall–Kier alpha value is -1.36. The van der Waals surface area contributed by atoms with Gasteiger partial charge in [0.1, 0.15) is 11.4 Å². The van der Waals surface area contributed by atoms with Crippen molar-refractivity contribution in [3.05, 3.63) is 52.2 Å². The average Bonchev–Trinajstić information content (AvgIpc) is 3.33. The van der Waals surface area contributed by atoms with Gasteiger partial charge in [0.2, 0.25) is 0 Å². The van der Waals surface area contributed by atoms with E-state index in [1.54, 1.807) is 11.3 Å². The van der Waals surface area contributed by atoms with Gasteiger partial charge in [-0.15, -0.1) is 24.0 Å². The zero-order valence-corrected chi connectivity index (χ0v) is 22.4. The number of aliphatic imine (C=N–C) groups is 1. The molecule has 0 saturated carbocycles. The fourth-order valence-corrected chi connectivity index (χ4v) is 4.67. The van der Waals surface area contributed by atoms with Crippen molar-refractivity contribution in [2.45, 2.75) is 44.6 Å². The summed E-state index contributed by atoms with van der Waals surface area (Å²) in [6.07, 6.45) is 1.89. The standard InChI is InChI=1S/C24H35N3O3S.HI/c1-4-25-22(26-17-23(3,28)20-10-15-31-16-20)27-18-24(11-13-29-14-12-24)19-6-8-21(9-7-19)30-5-2;/h6-10,15-16,28H,4-5,11-14,17-18H2,1-3H3,(H2,25,26,27);1H. The minimum atomic E-state index is -0.992. The van der Waals surface area contributed by atoms with Gasteiger partial charge in [0.15, 0.2) is 5.96 Å². The third kappa shape index (κ3) is 7.07. The topological polar surface area (TPSA) is 75.1 Å². The van der Waals surface area contributed by atoms with Crippen LogP contribution in [0.1, 0.15) is 44.7 Å². The fourth-order valence-electron chi connectivity index (χ4n) is 3.89. The number of aliphatic hydroxyl groups is 1. The van der Waals surface area contributed by atoms with Crippen LogP contribution in [0.5, 0.6) is 5.75 Å². The number of benzene rings is 1. The van der Waals surface area contributed by atoms with Gasteiger partial charge in [-0.25, -0.2) is 4.99 Å². The first-order chi connectivity index (χ1) is 15.0. The summed E-state index contributed by atoms with van der Waals surface area (Å²) < 4.78 is 11.3. The van der Waals surface area contributed by atoms with E-state index in [2.05, 4.69) is 27.8 Å². The Bertz CT molecular complexity index is 820. The highest BCUT2D eigenvalue weighted by atomic mass is 127. The number of ether oxygens (including phenoxy) is 2. The van der Waals surface area contributed by atoms with Crippen molar-refractivity contribution >= 4 is 41.3 Å². The van der Waals surface area contributed by atoms with Gasteiger partial charge in [-0.3, -0.25) is 0 Å². The lowest BCUT2D eigenvalue weighted by atomic mass is 9.74. The van der Waals surface area contributed by atoms with Gasteiger partial charge in [-0.1, -0.05) is 12.1 Å². The summed E-state index contributed by atoms with van der Waals surface area (Å²) in [6.45, 7) is 9.80. The normalized spacial score (nSPS) is 17.7. The van der Waals surface area contributed by atoms with Crippen LogP contribution in [-0.4, -0.2) is 50.5 Å². The van der Waals surface area contributed by atoms with Crippen molar-refractivity contribution in [2.24, 2.45) is 4.99 Å². The number of hydrogen-bond acceptors (Lipinski definition) is 5. The third-order valence-electron chi connectivity index (χ3n) is 5.85. The van der Waals surface area contributed by atoms with E-state index >= 15 is 0 Å². The molecule has 0 spiro atoms. The van der Waals surface area contributed by atoms with Crippen LogP contribution in [-0.2, 0) is 15.8 Å². The lowest BCUT2D eigenvalue weighted by Crippen LogP contribution is -2.48. The monoisotopic (exact) mass is 573 g/mol. The summed E-state index contributed by atoms with van der Waals surface area (Å²) in [5.74, 6) is 1.61. The Kier molecular flexibility index (Phi) is 10.7. The Balaban J connectivity index is 0.00000363. The van der Waals surface area contributed by atoms with Crippen LogP contribution < -0.4 is 15.4 Å². The van der Waals surface area contributed by atoms with Crippen molar-refractivity contribution in [2.75, 3.05) is 39.5 Å². The summed E-state index contributed by atoms with van der Waals surface area (Å²) in [5.41, 5.74) is 1.16. The first-order valence-corrected chi connectivity index (χ1v) is 12.0. The quantitative estimate of drug-likeness (QED) is 0.237. The zero-order valence-electron chi connectivity index (χ0n) is 19.2. The molecule has 3 rings (SSSR count). The van der Waals surface area contributed by atoms with Gasteiger partial charge >= 0.3 is 0 Å². The molecule has 0 radical (unpaired) electrons. The Labute approximate surface area is 212 Å². The molecule has 0 amide bonds. The van der Waals surface area contributed by atoms with Crippen LogP contribution in [0.25, 0.3) is 0 Å². The second kappa shape index (κ2) is 12.8. The summed E-state index contributed by atoms with van der Waals surface area (Å²) in [6, 6.07) is 10.4. The number of thiophene rings is 1. The maximum absolute atomic E-state index is 10.8. The highest BCUT2D eigenvalue weighted by molar-refractivity contribution is 14.0. The molecule has 2 heterocycles. The van der Waals surface area contributed by atoms with Crippen LogP contribution >= 0.6 is 35.3 Å². The van der Waals surface area contributed by atoms with Gasteiger partial charge in [-0.05, 0) is 73.7 Å². The molecule has 1 saturated heterocycles. The van der Waals surface area contributed by atoms with Crippen LogP contribution in [0.2, 0.25) is 0 Å². The molecule has 1 aliphatic heterocycles. The van der Waals surface area contributed by atoms with Crippen molar-refractivity contribution in [3.8, 4) is 5.75 Å². The number of nitrogens with zero attached hydrogens (tertiary/aromatic N) is 1. The molecule has 2 aromatic rings. The van der Waals surface area contributed by atoms with E-state index in [1.807, 2.05) is 49.7 Å². The summed E-state index contributed by atoms with van der Waals surface area (Å²) in [5, 5.41) is 21.6. The van der Waals surface area contributed by atoms with E-state index in [0.717, 1.165) is 56.4 Å². The van der Waals surface area contributed by atoms with Gasteiger partial charge in [0, 0.05) is 31.7 Å². The van der Waals surface area contributed by atoms with Crippen LogP contribution in [0.3, 0.4) is 0 Å². The zero-order chi connectivity index (χ0) is 22.2. The number of hydrogen-bond donors (Lipinski definition) is 3. The number of rotatable bonds is 9. The van der Waals surface area contributed by atoms with Gasteiger partial charge in [-0.2, -0.15) is 11.3 Å². The molecule has 0 bridgehead atoms. The molecule has 1 unspecified atom stereocenters. The maximum atomic E-state index is 10.8. The predicted octanol–water partition coefficient (Wildman–Crippen LogP) is 4.28. The fraction of sp³-hybridized carbons (Fsp3) is 0.542. The molecule has 1 aromatic carbocycles. The van der Waals surface area contributed by atoms with Crippen LogP contribution in [0.15, 0.2) is 46.1 Å². The average molecular weight is 574 g/mol. The molecular weight excluding hydrogens is 537 g/mol. The van der Waals surface area contributed by atoms with E-state index in [1.165, 1.54) is 5.56 Å². The third-order valence-corrected chi connectivity index (χ3v) is 6.54. The molecule has 32 heavy (non-hydrogen) atoms. The van der Waals surface area contributed by atoms with Crippen molar-refractivity contribution in [1.82, 2.24) is 10.6 Å². The second-order valence-electron chi connectivity index (χ2n) is 8.18. The summed E-state index contributed by atoms with van der Waals surface area (Å²) in [4.78, 5) is 4.69. The Morgan fingerprint density at radius 3 is 2.50 bits per heavy atom. The molecule has 3 N–H and O–H groups in total. The molecule has 1 aromatic heterocycles. The van der Waals surface area contributed by atoms with Crippen LogP contribution in [0.4, 0.5) is 0 Å². The van der Waals surface area contributed by atoms with E-state index < -0.39 is 5.60 Å². The largest absolute Gasteiger partial charge is 0.494 e. The lowest BCUT2D eigenvalue weighted by molar-refractivity contribution is 0.0513. The van der Waals surface area contributed by atoms with E-state index in [-0.39, 0.29) is 35.9 Å². The maximum Gasteiger partial charge on any atom is 0.191 e. The highest BCUT2D eigenvalue weighted by Gasteiger charge is 2.35. The van der Waals surface area contributed by atoms with E-state index in [0.29, 0.717) is 6.61 Å². The van der Waals surface area contributed by atoms with Gasteiger partial charge < -0.3 is 25.2 Å². The lowest BCUT2D eigenvalue weighted by Gasteiger charge is -2.38. The first kappa shape index (κ1) is 26.9. The molecular formula is C24H36IN3O3S. The second-order valence-corrected chi connectivity index (χ2v) is 8.96. The van der Waals surface area contributed by atoms with Gasteiger partial charge in [0.05, 0.1) is 13.2 Å². The number of nitrogens with one attached hydrogen (secondary N) is 2. The van der Waals surface area contributed by atoms with E-state index in [4.69, 9.17) is 9.47 Å². The minimum absolute atomic E-state index is 0. The smallest absolute Gasteiger partial charge is 0.191 e. The summed E-state index contributed by atoms with van der Waals surface area (Å²) in [7, 11) is 0. The van der Waals surface area contributed by atoms with Gasteiger partial charge in [0.25, 0.3) is 0 Å². The Morgan fingerprint density at radius 2 is 1.91 bits per heavy atom. The predicted molar refractivity (Wildman–Crippen MR) is 143 cm³/mol. The highest BCUT2D eigenvalue weighted by Crippen LogP contribution is 2.35. The molecule has 8 heteroatoms. The van der Waals surface area contributed by atoms with Crippen molar-refractivity contribution < 1.29 is 14.6 Å². The molecule has 1 aliphatic rings. The first-order valence-electron chi connectivity index (χ1n) is 11.1. The number of halogens is 1. The summed E-state index contributed by atoms with van der Waals surface area (Å²) >= 11 is 1.58. The number of guanidine groups is 1. The molecule has 6 nitrogen and oxygen atoms in total. The van der Waals surface area contributed by atoms with E-state index in [9.17, 15) is 5.11 Å². The van der Waals surface area contributed by atoms with Crippen LogP contribution in [0, 0.1) is 0 Å². The molecule has 0 aliphatic carbocycles. The molecule has 1 atom stereocenters.